The van der Waals surface area contributed by atoms with Crippen molar-refractivity contribution in [1.29, 1.82) is 0 Å². The minimum absolute atomic E-state index is 0.0120. The second-order valence-corrected chi connectivity index (χ2v) is 7.55. The van der Waals surface area contributed by atoms with Crippen molar-refractivity contribution in [2.75, 3.05) is 6.54 Å². The maximum Gasteiger partial charge on any atom is 0.410 e. The Morgan fingerprint density at radius 1 is 1.50 bits per heavy atom. The number of hydrogen-bond donors (Lipinski definition) is 1. The molecule has 1 fully saturated rings. The molecule has 0 spiro atoms. The van der Waals surface area contributed by atoms with Crippen LogP contribution in [0.25, 0.3) is 0 Å². The zero-order valence-electron chi connectivity index (χ0n) is 12.7. The molecule has 0 aliphatic carbocycles. The van der Waals surface area contributed by atoms with Crippen molar-refractivity contribution in [3.05, 3.63) is 15.2 Å². The number of halogens is 1. The highest BCUT2D eigenvalue weighted by molar-refractivity contribution is 14.1. The van der Waals surface area contributed by atoms with Gasteiger partial charge in [0, 0.05) is 12.2 Å². The number of hydrogen-bond acceptors (Lipinski definition) is 3. The summed E-state index contributed by atoms with van der Waals surface area (Å²) in [5.74, 6) is 1.32. The van der Waals surface area contributed by atoms with E-state index in [0.29, 0.717) is 5.92 Å². The number of imidazole rings is 1. The van der Waals surface area contributed by atoms with E-state index in [4.69, 9.17) is 4.74 Å². The molecule has 5 nitrogen and oxygen atoms in total. The standard InChI is InChI=1S/C14H22IN3O2/c1-8-6-10(12-16-9(2)11(15)17-12)18(7-8)13(19)20-14(3,4)5/h8,10H,6-7H2,1-5H3,(H,16,17)/t8-,10+/m1/s1. The van der Waals surface area contributed by atoms with Crippen LogP contribution >= 0.6 is 22.6 Å². The second kappa shape index (κ2) is 5.54. The van der Waals surface area contributed by atoms with Crippen molar-refractivity contribution < 1.29 is 9.53 Å². The van der Waals surface area contributed by atoms with Crippen LogP contribution in [0.1, 0.15) is 51.7 Å². The lowest BCUT2D eigenvalue weighted by Crippen LogP contribution is -2.37. The normalized spacial score (nSPS) is 23.2. The number of aromatic amines is 1. The van der Waals surface area contributed by atoms with Crippen LogP contribution in [0.15, 0.2) is 0 Å². The Hall–Kier alpha value is -0.790. The van der Waals surface area contributed by atoms with Crippen LogP contribution < -0.4 is 0 Å². The number of carbonyl (C=O) groups excluding carboxylic acids is 1. The van der Waals surface area contributed by atoms with Crippen LogP contribution in [0, 0.1) is 16.5 Å². The summed E-state index contributed by atoms with van der Waals surface area (Å²) in [6, 6.07) is -0.0120. The van der Waals surface area contributed by atoms with Crippen molar-refractivity contribution in [3.63, 3.8) is 0 Å². The number of rotatable bonds is 1. The Kier molecular flexibility index (Phi) is 4.32. The molecule has 2 heterocycles. The van der Waals surface area contributed by atoms with Gasteiger partial charge < -0.3 is 9.72 Å². The third-order valence-corrected chi connectivity index (χ3v) is 4.35. The Morgan fingerprint density at radius 3 is 2.65 bits per heavy atom. The molecule has 1 aliphatic heterocycles. The molecule has 0 bridgehead atoms. The number of carbonyl (C=O) groups is 1. The van der Waals surface area contributed by atoms with Gasteiger partial charge in [0.1, 0.15) is 15.1 Å². The van der Waals surface area contributed by atoms with Gasteiger partial charge in [-0.1, -0.05) is 6.92 Å². The van der Waals surface area contributed by atoms with Gasteiger partial charge >= 0.3 is 6.09 Å². The second-order valence-electron chi connectivity index (χ2n) is 6.53. The summed E-state index contributed by atoms with van der Waals surface area (Å²) in [6.07, 6.45) is 0.665. The number of nitrogens with one attached hydrogen (secondary N) is 1. The molecule has 20 heavy (non-hydrogen) atoms. The summed E-state index contributed by atoms with van der Waals surface area (Å²) in [5, 5.41) is 0. The highest BCUT2D eigenvalue weighted by Gasteiger charge is 2.38. The number of aromatic nitrogens is 2. The monoisotopic (exact) mass is 391 g/mol. The SMILES string of the molecule is Cc1[nH]c([C@@H]2C[C@@H](C)CN2C(=O)OC(C)(C)C)nc1I. The van der Waals surface area contributed by atoms with E-state index in [9.17, 15) is 4.79 Å². The molecule has 2 atom stereocenters. The molecular formula is C14H22IN3O2. The molecule has 1 aromatic heterocycles. The van der Waals surface area contributed by atoms with Gasteiger partial charge in [-0.25, -0.2) is 9.78 Å². The van der Waals surface area contributed by atoms with Crippen LogP contribution in [0.2, 0.25) is 0 Å². The Balaban J connectivity index is 2.20. The van der Waals surface area contributed by atoms with Crippen molar-refractivity contribution in [3.8, 4) is 0 Å². The topological polar surface area (TPSA) is 58.2 Å². The van der Waals surface area contributed by atoms with Crippen LogP contribution in [-0.2, 0) is 4.74 Å². The summed E-state index contributed by atoms with van der Waals surface area (Å²) < 4.78 is 6.46. The summed E-state index contributed by atoms with van der Waals surface area (Å²) in [6.45, 7) is 10.5. The van der Waals surface area contributed by atoms with Crippen molar-refractivity contribution in [2.45, 2.75) is 52.7 Å². The van der Waals surface area contributed by atoms with Crippen LogP contribution in [0.3, 0.4) is 0 Å². The minimum Gasteiger partial charge on any atom is -0.444 e. The molecule has 1 saturated heterocycles. The van der Waals surface area contributed by atoms with Gasteiger partial charge in [-0.2, -0.15) is 0 Å². The smallest absolute Gasteiger partial charge is 0.410 e. The van der Waals surface area contributed by atoms with Gasteiger partial charge in [0.15, 0.2) is 0 Å². The van der Waals surface area contributed by atoms with E-state index in [1.807, 2.05) is 27.7 Å². The molecule has 0 unspecified atom stereocenters. The fourth-order valence-electron chi connectivity index (χ4n) is 2.45. The van der Waals surface area contributed by atoms with E-state index in [0.717, 1.165) is 28.2 Å². The molecule has 2 rings (SSSR count). The quantitative estimate of drug-likeness (QED) is 0.744. The average Bonchev–Trinajstić information content (AvgIpc) is 2.81. The highest BCUT2D eigenvalue weighted by atomic mass is 127. The maximum absolute atomic E-state index is 12.3. The van der Waals surface area contributed by atoms with E-state index >= 15 is 0 Å². The number of H-pyrrole nitrogens is 1. The molecule has 1 amide bonds. The molecule has 1 aromatic rings. The maximum atomic E-state index is 12.3. The lowest BCUT2D eigenvalue weighted by molar-refractivity contribution is 0.0214. The fraction of sp³-hybridized carbons (Fsp3) is 0.714. The molecule has 1 N–H and O–H groups in total. The Labute approximate surface area is 133 Å². The Morgan fingerprint density at radius 2 is 2.15 bits per heavy atom. The van der Waals surface area contributed by atoms with E-state index in [2.05, 4.69) is 39.5 Å². The first-order valence-electron chi connectivity index (χ1n) is 6.89. The molecular weight excluding hydrogens is 369 g/mol. The summed E-state index contributed by atoms with van der Waals surface area (Å²) >= 11 is 2.21. The highest BCUT2D eigenvalue weighted by Crippen LogP contribution is 2.35. The predicted molar refractivity (Wildman–Crippen MR) is 85.5 cm³/mol. The van der Waals surface area contributed by atoms with E-state index < -0.39 is 5.60 Å². The fourth-order valence-corrected chi connectivity index (χ4v) is 2.84. The van der Waals surface area contributed by atoms with Gasteiger partial charge in [0.05, 0.1) is 6.04 Å². The van der Waals surface area contributed by atoms with E-state index in [1.54, 1.807) is 4.90 Å². The molecule has 0 aromatic carbocycles. The van der Waals surface area contributed by atoms with Gasteiger partial charge in [-0.05, 0) is 62.6 Å². The van der Waals surface area contributed by atoms with Crippen molar-refractivity contribution >= 4 is 28.7 Å². The predicted octanol–water partition coefficient (Wildman–Crippen LogP) is 3.64. The third kappa shape index (κ3) is 3.45. The van der Waals surface area contributed by atoms with Crippen LogP contribution in [-0.4, -0.2) is 33.1 Å². The first-order chi connectivity index (χ1) is 9.17. The van der Waals surface area contributed by atoms with Gasteiger partial charge in [-0.15, -0.1) is 0 Å². The molecule has 0 saturated carbocycles. The first-order valence-corrected chi connectivity index (χ1v) is 7.97. The van der Waals surface area contributed by atoms with E-state index in [-0.39, 0.29) is 12.1 Å². The van der Waals surface area contributed by atoms with Crippen molar-refractivity contribution in [1.82, 2.24) is 14.9 Å². The Bertz CT molecular complexity index is 488. The van der Waals surface area contributed by atoms with Gasteiger partial charge in [-0.3, -0.25) is 4.90 Å². The van der Waals surface area contributed by atoms with E-state index in [1.165, 1.54) is 0 Å². The van der Waals surface area contributed by atoms with Gasteiger partial charge in [0.2, 0.25) is 0 Å². The van der Waals surface area contributed by atoms with Crippen molar-refractivity contribution in [2.24, 2.45) is 5.92 Å². The number of nitrogens with zero attached hydrogens (tertiary/aromatic N) is 2. The number of amides is 1. The summed E-state index contributed by atoms with van der Waals surface area (Å²) in [4.78, 5) is 22.0. The van der Waals surface area contributed by atoms with Gasteiger partial charge in [0.25, 0.3) is 0 Å². The lowest BCUT2D eigenvalue weighted by Gasteiger charge is -2.27. The first kappa shape index (κ1) is 15.6. The number of likely N-dealkylation sites (tertiary alicyclic amines) is 1. The zero-order valence-corrected chi connectivity index (χ0v) is 14.8. The molecule has 1 aliphatic rings. The summed E-state index contributed by atoms with van der Waals surface area (Å²) in [7, 11) is 0. The minimum atomic E-state index is -0.471. The number of ether oxygens (including phenoxy) is 1. The zero-order chi connectivity index (χ0) is 15.1. The average molecular weight is 391 g/mol. The third-order valence-electron chi connectivity index (χ3n) is 3.30. The van der Waals surface area contributed by atoms with Crippen LogP contribution in [0.5, 0.6) is 0 Å². The molecule has 112 valence electrons. The molecule has 0 radical (unpaired) electrons. The largest absolute Gasteiger partial charge is 0.444 e. The molecule has 6 heteroatoms. The van der Waals surface area contributed by atoms with Crippen LogP contribution in [0.4, 0.5) is 4.79 Å². The number of aryl methyl sites for hydroxylation is 1. The lowest BCUT2D eigenvalue weighted by atomic mass is 10.1. The summed E-state index contributed by atoms with van der Waals surface area (Å²) in [5.41, 5.74) is 0.574.